The zero-order chi connectivity index (χ0) is 34.8. The van der Waals surface area contributed by atoms with Crippen LogP contribution in [-0.4, -0.2) is 36.2 Å². The lowest BCUT2D eigenvalue weighted by atomic mass is 9.88. The molecule has 1 aromatic heterocycles. The number of nitrogens with one attached hydrogen (secondary N) is 1. The molecule has 0 bridgehead atoms. The molecular weight excluding hydrogens is 610 g/mol. The number of carbonyl (C=O) groups is 2. The third kappa shape index (κ3) is 11.2. The number of allylic oxidation sites excluding steroid dienone is 1. The van der Waals surface area contributed by atoms with E-state index in [0.717, 1.165) is 97.4 Å². The van der Waals surface area contributed by atoms with Gasteiger partial charge in [-0.25, -0.2) is 4.79 Å². The SMILES string of the molecule is C=CCCCCOC(=O)c1c(CCCC)oc2c(CCCCCC)cc(CC(C(=O)N[C@H](CO)Cc3ccccc3)c3ccccc3)cc12. The van der Waals surface area contributed by atoms with E-state index in [9.17, 15) is 14.7 Å². The molecule has 0 saturated heterocycles. The lowest BCUT2D eigenvalue weighted by Gasteiger charge is -2.22. The Labute approximate surface area is 293 Å². The van der Waals surface area contributed by atoms with Crippen molar-refractivity contribution in [2.24, 2.45) is 0 Å². The molecule has 2 atom stereocenters. The summed E-state index contributed by atoms with van der Waals surface area (Å²) >= 11 is 0. The van der Waals surface area contributed by atoms with Crippen molar-refractivity contribution in [3.8, 4) is 0 Å². The summed E-state index contributed by atoms with van der Waals surface area (Å²) in [6, 6.07) is 23.5. The van der Waals surface area contributed by atoms with Crippen molar-refractivity contribution >= 4 is 22.8 Å². The van der Waals surface area contributed by atoms with Gasteiger partial charge in [0.05, 0.1) is 25.2 Å². The number of unbranched alkanes of at least 4 members (excludes halogenated alkanes) is 6. The van der Waals surface area contributed by atoms with Crippen LogP contribution in [0.5, 0.6) is 0 Å². The van der Waals surface area contributed by atoms with Crippen molar-refractivity contribution in [1.29, 1.82) is 0 Å². The molecule has 1 amide bonds. The minimum Gasteiger partial charge on any atom is -0.462 e. The molecule has 0 saturated carbocycles. The maximum Gasteiger partial charge on any atom is 0.342 e. The first-order valence-corrected chi connectivity index (χ1v) is 18.3. The number of aliphatic hydroxyl groups excluding tert-OH is 1. The van der Waals surface area contributed by atoms with Gasteiger partial charge in [-0.2, -0.15) is 0 Å². The van der Waals surface area contributed by atoms with Gasteiger partial charge < -0.3 is 19.6 Å². The topological polar surface area (TPSA) is 88.8 Å². The molecule has 1 heterocycles. The summed E-state index contributed by atoms with van der Waals surface area (Å²) in [6.07, 6.45) is 13.3. The zero-order valence-corrected chi connectivity index (χ0v) is 29.6. The summed E-state index contributed by atoms with van der Waals surface area (Å²) < 4.78 is 12.4. The molecule has 49 heavy (non-hydrogen) atoms. The molecule has 0 radical (unpaired) electrons. The molecule has 0 spiro atoms. The number of esters is 1. The first kappa shape index (κ1) is 37.7. The Hall–Kier alpha value is -4.16. The molecule has 0 aliphatic heterocycles. The summed E-state index contributed by atoms with van der Waals surface area (Å²) in [6.45, 7) is 8.31. The van der Waals surface area contributed by atoms with Gasteiger partial charge >= 0.3 is 5.97 Å². The molecular formula is C43H55NO5. The predicted octanol–water partition coefficient (Wildman–Crippen LogP) is 9.46. The highest BCUT2D eigenvalue weighted by Crippen LogP contribution is 2.34. The van der Waals surface area contributed by atoms with Crippen LogP contribution in [0.25, 0.3) is 11.0 Å². The molecule has 6 heteroatoms. The Kier molecular flexibility index (Phi) is 15.7. The van der Waals surface area contributed by atoms with Crippen molar-refractivity contribution in [1.82, 2.24) is 5.32 Å². The average Bonchev–Trinajstić information content (AvgIpc) is 3.50. The molecule has 262 valence electrons. The Morgan fingerprint density at radius 2 is 1.59 bits per heavy atom. The van der Waals surface area contributed by atoms with Crippen molar-refractivity contribution in [2.45, 2.75) is 109 Å². The third-order valence-electron chi connectivity index (χ3n) is 9.15. The van der Waals surface area contributed by atoms with E-state index in [2.05, 4.69) is 31.8 Å². The third-order valence-corrected chi connectivity index (χ3v) is 9.15. The summed E-state index contributed by atoms with van der Waals surface area (Å²) in [5.74, 6) is -0.297. The summed E-state index contributed by atoms with van der Waals surface area (Å²) in [4.78, 5) is 27.8. The fourth-order valence-corrected chi connectivity index (χ4v) is 6.44. The van der Waals surface area contributed by atoms with Crippen molar-refractivity contribution in [3.63, 3.8) is 0 Å². The van der Waals surface area contributed by atoms with Gasteiger partial charge in [0.2, 0.25) is 5.91 Å². The van der Waals surface area contributed by atoms with Crippen LogP contribution in [0.2, 0.25) is 0 Å². The number of amides is 1. The predicted molar refractivity (Wildman–Crippen MR) is 199 cm³/mol. The highest BCUT2D eigenvalue weighted by molar-refractivity contribution is 6.05. The van der Waals surface area contributed by atoms with E-state index >= 15 is 0 Å². The molecule has 2 N–H and O–H groups in total. The van der Waals surface area contributed by atoms with E-state index in [1.807, 2.05) is 72.8 Å². The molecule has 0 aliphatic rings. The molecule has 4 aromatic rings. The summed E-state index contributed by atoms with van der Waals surface area (Å²) in [7, 11) is 0. The number of carbonyl (C=O) groups excluding carboxylic acids is 2. The molecule has 3 aromatic carbocycles. The van der Waals surface area contributed by atoms with E-state index in [4.69, 9.17) is 9.15 Å². The first-order chi connectivity index (χ1) is 24.0. The molecule has 4 rings (SSSR count). The Morgan fingerprint density at radius 3 is 2.29 bits per heavy atom. The number of aryl methyl sites for hydroxylation is 2. The number of ether oxygens (including phenoxy) is 1. The second-order valence-corrected chi connectivity index (χ2v) is 13.1. The van der Waals surface area contributed by atoms with Gasteiger partial charge in [0, 0.05) is 11.8 Å². The fourth-order valence-electron chi connectivity index (χ4n) is 6.44. The van der Waals surface area contributed by atoms with Crippen LogP contribution in [-0.2, 0) is 35.2 Å². The van der Waals surface area contributed by atoms with Gasteiger partial charge in [0.25, 0.3) is 0 Å². The number of hydrogen-bond acceptors (Lipinski definition) is 5. The lowest BCUT2D eigenvalue weighted by Crippen LogP contribution is -2.42. The maximum absolute atomic E-state index is 14.1. The zero-order valence-electron chi connectivity index (χ0n) is 29.6. The Morgan fingerprint density at radius 1 is 0.857 bits per heavy atom. The van der Waals surface area contributed by atoms with Crippen LogP contribution in [0, 0.1) is 0 Å². The summed E-state index contributed by atoms with van der Waals surface area (Å²) in [5, 5.41) is 14.1. The quantitative estimate of drug-likeness (QED) is 0.0496. The van der Waals surface area contributed by atoms with Crippen LogP contribution >= 0.6 is 0 Å². The van der Waals surface area contributed by atoms with Crippen LogP contribution < -0.4 is 5.32 Å². The van der Waals surface area contributed by atoms with Crippen LogP contribution in [0.4, 0.5) is 0 Å². The van der Waals surface area contributed by atoms with E-state index in [0.29, 0.717) is 37.2 Å². The number of hydrogen-bond donors (Lipinski definition) is 2. The van der Waals surface area contributed by atoms with Gasteiger partial charge in [0.15, 0.2) is 0 Å². The standard InChI is InChI=1S/C43H55NO5/c1-4-7-10-16-24-35-27-33(30-38-40(39(25-9-6-3)49-41(35)38)43(47)48-26-19-11-8-5-2)29-37(34-22-17-13-18-23-34)42(46)44-36(31-45)28-32-20-14-12-15-21-32/h5,12-15,17-18,20-23,27,30,36-37,45H,2,4,6-11,16,19,24-26,28-29,31H2,1,3H3,(H,44,46)/t36-,37?/m0/s1. The molecule has 6 nitrogen and oxygen atoms in total. The van der Waals surface area contributed by atoms with E-state index in [1.165, 1.54) is 0 Å². The summed E-state index contributed by atoms with van der Waals surface area (Å²) in [5.41, 5.74) is 5.26. The monoisotopic (exact) mass is 665 g/mol. The Bertz CT molecular complexity index is 1590. The second kappa shape index (κ2) is 20.4. The van der Waals surface area contributed by atoms with Gasteiger partial charge in [-0.1, -0.05) is 112 Å². The second-order valence-electron chi connectivity index (χ2n) is 13.1. The normalized spacial score (nSPS) is 12.5. The van der Waals surface area contributed by atoms with E-state index < -0.39 is 12.0 Å². The van der Waals surface area contributed by atoms with Gasteiger partial charge in [-0.3, -0.25) is 4.79 Å². The highest BCUT2D eigenvalue weighted by Gasteiger charge is 2.27. The lowest BCUT2D eigenvalue weighted by molar-refractivity contribution is -0.123. The number of rotatable bonds is 22. The fraction of sp³-hybridized carbons (Fsp3) is 0.442. The van der Waals surface area contributed by atoms with Gasteiger partial charge in [-0.15, -0.1) is 6.58 Å². The van der Waals surface area contributed by atoms with Gasteiger partial charge in [0.1, 0.15) is 16.9 Å². The average molecular weight is 666 g/mol. The highest BCUT2D eigenvalue weighted by atomic mass is 16.5. The molecule has 1 unspecified atom stereocenters. The van der Waals surface area contributed by atoms with Crippen molar-refractivity contribution in [3.05, 3.63) is 119 Å². The number of aliphatic hydroxyl groups is 1. The maximum atomic E-state index is 14.1. The number of benzene rings is 3. The number of furan rings is 1. The first-order valence-electron chi connectivity index (χ1n) is 18.3. The van der Waals surface area contributed by atoms with E-state index in [1.54, 1.807) is 0 Å². The van der Waals surface area contributed by atoms with E-state index in [-0.39, 0.29) is 18.5 Å². The van der Waals surface area contributed by atoms with Crippen LogP contribution in [0.1, 0.15) is 116 Å². The van der Waals surface area contributed by atoms with Crippen molar-refractivity contribution < 1.29 is 23.8 Å². The smallest absolute Gasteiger partial charge is 0.342 e. The minimum absolute atomic E-state index is 0.138. The van der Waals surface area contributed by atoms with Crippen LogP contribution in [0.15, 0.2) is 89.9 Å². The number of fused-ring (bicyclic) bond motifs is 1. The van der Waals surface area contributed by atoms with Crippen LogP contribution in [0.3, 0.4) is 0 Å². The molecule has 0 aliphatic carbocycles. The Balaban J connectivity index is 1.72. The largest absolute Gasteiger partial charge is 0.462 e. The molecule has 0 fully saturated rings. The van der Waals surface area contributed by atoms with Crippen molar-refractivity contribution in [2.75, 3.05) is 13.2 Å². The minimum atomic E-state index is -0.497. The van der Waals surface area contributed by atoms with Gasteiger partial charge in [-0.05, 0) is 79.7 Å².